The summed E-state index contributed by atoms with van der Waals surface area (Å²) in [6.45, 7) is 5.33. The monoisotopic (exact) mass is 301 g/mol. The minimum absolute atomic E-state index is 0.197. The molecule has 1 aromatic rings. The van der Waals surface area contributed by atoms with E-state index in [2.05, 4.69) is 43.4 Å². The van der Waals surface area contributed by atoms with E-state index in [0.717, 1.165) is 0 Å². The van der Waals surface area contributed by atoms with Crippen LogP contribution in [0.4, 0.5) is 0 Å². The molecule has 3 rings (SSSR count). The zero-order valence-corrected chi connectivity index (χ0v) is 13.6. The van der Waals surface area contributed by atoms with Crippen LogP contribution in [0.15, 0.2) is 24.3 Å². The lowest BCUT2D eigenvalue weighted by Gasteiger charge is -2.36. The van der Waals surface area contributed by atoms with Gasteiger partial charge in [0.25, 0.3) is 0 Å². The highest BCUT2D eigenvalue weighted by Gasteiger charge is 2.34. The van der Waals surface area contributed by atoms with E-state index in [1.54, 1.807) is 0 Å². The van der Waals surface area contributed by atoms with Gasteiger partial charge < -0.3 is 10.4 Å². The minimum atomic E-state index is -0.675. The maximum atomic E-state index is 11.2. The number of benzene rings is 1. The van der Waals surface area contributed by atoms with Gasteiger partial charge in [-0.15, -0.1) is 0 Å². The van der Waals surface area contributed by atoms with Gasteiger partial charge in [-0.3, -0.25) is 4.79 Å². The van der Waals surface area contributed by atoms with E-state index < -0.39 is 5.97 Å². The van der Waals surface area contributed by atoms with Crippen LogP contribution < -0.4 is 5.32 Å². The Morgan fingerprint density at radius 1 is 1.27 bits per heavy atom. The highest BCUT2D eigenvalue weighted by Crippen LogP contribution is 2.45. The number of carboxylic acids is 1. The number of aliphatic carboxylic acids is 1. The molecule has 3 heteroatoms. The largest absolute Gasteiger partial charge is 0.481 e. The van der Waals surface area contributed by atoms with Crippen molar-refractivity contribution >= 4 is 5.97 Å². The van der Waals surface area contributed by atoms with E-state index >= 15 is 0 Å². The lowest BCUT2D eigenvalue weighted by molar-refractivity contribution is -0.141. The third-order valence-electron chi connectivity index (χ3n) is 5.50. The molecule has 3 atom stereocenters. The summed E-state index contributed by atoms with van der Waals surface area (Å²) in [7, 11) is 0. The molecule has 2 aliphatic rings. The Balaban J connectivity index is 1.83. The molecule has 2 fully saturated rings. The molecule has 1 aromatic carbocycles. The van der Waals surface area contributed by atoms with E-state index in [1.165, 1.54) is 36.8 Å². The third kappa shape index (κ3) is 3.19. The van der Waals surface area contributed by atoms with Crippen LogP contribution in [-0.4, -0.2) is 17.6 Å². The van der Waals surface area contributed by atoms with Crippen molar-refractivity contribution in [3.8, 4) is 0 Å². The quantitative estimate of drug-likeness (QED) is 0.883. The maximum absolute atomic E-state index is 11.2. The molecule has 0 radical (unpaired) electrons. The highest BCUT2D eigenvalue weighted by molar-refractivity contribution is 5.70. The second-order valence-electron chi connectivity index (χ2n) is 7.82. The molecule has 120 valence electrons. The van der Waals surface area contributed by atoms with Gasteiger partial charge in [0.15, 0.2) is 0 Å². The predicted octanol–water partition coefficient (Wildman–Crippen LogP) is 4.11. The van der Waals surface area contributed by atoms with Crippen molar-refractivity contribution in [2.75, 3.05) is 6.54 Å². The van der Waals surface area contributed by atoms with Gasteiger partial charge in [-0.1, -0.05) is 44.5 Å². The third-order valence-corrected chi connectivity index (χ3v) is 5.50. The van der Waals surface area contributed by atoms with Crippen LogP contribution in [-0.2, 0) is 4.79 Å². The predicted molar refractivity (Wildman–Crippen MR) is 87.9 cm³/mol. The Morgan fingerprint density at radius 2 is 2.00 bits per heavy atom. The van der Waals surface area contributed by atoms with Crippen LogP contribution in [0, 0.1) is 11.3 Å². The van der Waals surface area contributed by atoms with E-state index in [9.17, 15) is 9.90 Å². The van der Waals surface area contributed by atoms with Gasteiger partial charge in [0.05, 0.1) is 5.92 Å². The van der Waals surface area contributed by atoms with E-state index in [1.807, 2.05) is 0 Å². The van der Waals surface area contributed by atoms with Crippen molar-refractivity contribution in [3.05, 3.63) is 35.4 Å². The zero-order chi connectivity index (χ0) is 15.7. The van der Waals surface area contributed by atoms with Gasteiger partial charge in [-0.2, -0.15) is 0 Å². The van der Waals surface area contributed by atoms with Gasteiger partial charge in [-0.05, 0) is 48.1 Å². The molecule has 0 amide bonds. The first-order chi connectivity index (χ1) is 10.5. The topological polar surface area (TPSA) is 49.3 Å². The molecule has 0 bridgehead atoms. The molecule has 0 aromatic heterocycles. The van der Waals surface area contributed by atoms with E-state index in [0.29, 0.717) is 24.3 Å². The van der Waals surface area contributed by atoms with Gasteiger partial charge in [-0.25, -0.2) is 0 Å². The first kappa shape index (κ1) is 15.5. The summed E-state index contributed by atoms with van der Waals surface area (Å²) < 4.78 is 0. The first-order valence-corrected chi connectivity index (χ1v) is 8.51. The number of rotatable bonds is 3. The molecule has 1 saturated carbocycles. The fourth-order valence-corrected chi connectivity index (χ4v) is 4.32. The maximum Gasteiger partial charge on any atom is 0.307 e. The lowest BCUT2D eigenvalue weighted by Crippen LogP contribution is -2.23. The molecule has 3 unspecified atom stereocenters. The molecule has 1 heterocycles. The SMILES string of the molecule is CC1(C)CCCC(c2ccccc2C2CC(C(=O)O)CN2)C1. The Hall–Kier alpha value is -1.35. The zero-order valence-electron chi connectivity index (χ0n) is 13.6. The molecular formula is C19H27NO2. The number of carboxylic acid groups (broad SMARTS) is 1. The average Bonchev–Trinajstić information content (AvgIpc) is 2.96. The van der Waals surface area contributed by atoms with Gasteiger partial charge >= 0.3 is 5.97 Å². The Labute approximate surface area is 133 Å². The summed E-state index contributed by atoms with van der Waals surface area (Å²) in [5, 5.41) is 12.6. The molecule has 1 aliphatic heterocycles. The van der Waals surface area contributed by atoms with Gasteiger partial charge in [0, 0.05) is 12.6 Å². The van der Waals surface area contributed by atoms with Crippen LogP contribution in [0.1, 0.15) is 69.0 Å². The summed E-state index contributed by atoms with van der Waals surface area (Å²) >= 11 is 0. The molecule has 1 saturated heterocycles. The van der Waals surface area contributed by atoms with Crippen LogP contribution in [0.2, 0.25) is 0 Å². The second kappa shape index (κ2) is 6.04. The van der Waals surface area contributed by atoms with Crippen molar-refractivity contribution < 1.29 is 9.90 Å². The molecule has 2 N–H and O–H groups in total. The summed E-state index contributed by atoms with van der Waals surface area (Å²) in [5.74, 6) is -0.308. The fraction of sp³-hybridized carbons (Fsp3) is 0.632. The van der Waals surface area contributed by atoms with Crippen LogP contribution in [0.5, 0.6) is 0 Å². The Kier molecular flexibility index (Phi) is 4.26. The number of hydrogen-bond acceptors (Lipinski definition) is 2. The molecule has 3 nitrogen and oxygen atoms in total. The number of nitrogens with one attached hydrogen (secondary N) is 1. The smallest absolute Gasteiger partial charge is 0.307 e. The summed E-state index contributed by atoms with van der Waals surface area (Å²) in [6, 6.07) is 8.87. The molecule has 22 heavy (non-hydrogen) atoms. The summed E-state index contributed by atoms with van der Waals surface area (Å²) in [4.78, 5) is 11.2. The van der Waals surface area contributed by atoms with Gasteiger partial charge in [0.2, 0.25) is 0 Å². The van der Waals surface area contributed by atoms with E-state index in [4.69, 9.17) is 0 Å². The van der Waals surface area contributed by atoms with Crippen LogP contribution >= 0.6 is 0 Å². The van der Waals surface area contributed by atoms with Crippen molar-refractivity contribution in [2.24, 2.45) is 11.3 Å². The summed E-state index contributed by atoms with van der Waals surface area (Å²) in [5.41, 5.74) is 3.19. The highest BCUT2D eigenvalue weighted by atomic mass is 16.4. The van der Waals surface area contributed by atoms with Crippen LogP contribution in [0.3, 0.4) is 0 Å². The van der Waals surface area contributed by atoms with Crippen molar-refractivity contribution in [1.82, 2.24) is 5.32 Å². The van der Waals surface area contributed by atoms with Crippen molar-refractivity contribution in [3.63, 3.8) is 0 Å². The standard InChI is InChI=1S/C19H27NO2/c1-19(2)9-5-6-13(11-19)15-7-3-4-8-16(15)17-10-14(12-20-17)18(21)22/h3-4,7-8,13-14,17,20H,5-6,9-12H2,1-2H3,(H,21,22). The average molecular weight is 301 g/mol. The lowest BCUT2D eigenvalue weighted by atomic mass is 9.69. The molecule has 0 spiro atoms. The van der Waals surface area contributed by atoms with Crippen molar-refractivity contribution in [1.29, 1.82) is 0 Å². The second-order valence-corrected chi connectivity index (χ2v) is 7.82. The number of hydrogen-bond donors (Lipinski definition) is 2. The fourth-order valence-electron chi connectivity index (χ4n) is 4.32. The van der Waals surface area contributed by atoms with Crippen LogP contribution in [0.25, 0.3) is 0 Å². The normalized spacial score (nSPS) is 31.1. The summed E-state index contributed by atoms with van der Waals surface area (Å²) in [6.07, 6.45) is 5.81. The molecular weight excluding hydrogens is 274 g/mol. The molecule has 1 aliphatic carbocycles. The minimum Gasteiger partial charge on any atom is -0.481 e. The Morgan fingerprint density at radius 3 is 2.64 bits per heavy atom. The van der Waals surface area contributed by atoms with Gasteiger partial charge in [0.1, 0.15) is 0 Å². The Bertz CT molecular complexity index is 552. The van der Waals surface area contributed by atoms with E-state index in [-0.39, 0.29) is 12.0 Å². The first-order valence-electron chi connectivity index (χ1n) is 8.51. The van der Waals surface area contributed by atoms with Crippen molar-refractivity contribution in [2.45, 2.75) is 57.9 Å². The number of carbonyl (C=O) groups is 1.